The minimum Gasteiger partial charge on any atom is -0.307 e. The Morgan fingerprint density at radius 2 is 2.19 bits per heavy atom. The van der Waals surface area contributed by atoms with Crippen LogP contribution < -0.4 is 5.32 Å². The second-order valence-electron chi connectivity index (χ2n) is 5.87. The maximum absolute atomic E-state index is 4.31. The topological polar surface area (TPSA) is 42.7 Å². The van der Waals surface area contributed by atoms with E-state index in [1.54, 1.807) is 6.33 Å². The lowest BCUT2D eigenvalue weighted by molar-refractivity contribution is 0.336. The van der Waals surface area contributed by atoms with E-state index < -0.39 is 0 Å². The number of aromatic nitrogens is 3. The first kappa shape index (κ1) is 11.6. The van der Waals surface area contributed by atoms with E-state index in [0.29, 0.717) is 5.41 Å². The third-order valence-corrected chi connectivity index (χ3v) is 2.90. The highest BCUT2D eigenvalue weighted by molar-refractivity contribution is 4.88. The van der Waals surface area contributed by atoms with Crippen LogP contribution in [0.4, 0.5) is 0 Å². The van der Waals surface area contributed by atoms with Gasteiger partial charge in [0.1, 0.15) is 12.2 Å². The molecular weight excluding hydrogens is 200 g/mol. The molecular formula is C12H22N4. The van der Waals surface area contributed by atoms with Crippen LogP contribution in [0.15, 0.2) is 6.33 Å². The van der Waals surface area contributed by atoms with Crippen molar-refractivity contribution >= 4 is 0 Å². The Balaban J connectivity index is 1.85. The normalized spacial score (nSPS) is 16.7. The molecule has 0 radical (unpaired) electrons. The van der Waals surface area contributed by atoms with Gasteiger partial charge in [-0.1, -0.05) is 20.8 Å². The van der Waals surface area contributed by atoms with E-state index in [4.69, 9.17) is 0 Å². The van der Waals surface area contributed by atoms with Crippen LogP contribution in [-0.2, 0) is 13.1 Å². The van der Waals surface area contributed by atoms with Gasteiger partial charge in [0, 0.05) is 12.6 Å². The number of nitrogens with one attached hydrogen (secondary N) is 1. The first-order valence-corrected chi connectivity index (χ1v) is 6.15. The summed E-state index contributed by atoms with van der Waals surface area (Å²) in [7, 11) is 0. The van der Waals surface area contributed by atoms with Gasteiger partial charge in [-0.25, -0.2) is 9.67 Å². The van der Waals surface area contributed by atoms with E-state index in [1.807, 2.05) is 4.68 Å². The van der Waals surface area contributed by atoms with Crippen LogP contribution >= 0.6 is 0 Å². The molecule has 1 aromatic rings. The molecule has 0 atom stereocenters. The molecule has 0 saturated heterocycles. The molecule has 0 amide bonds. The third kappa shape index (κ3) is 3.59. The van der Waals surface area contributed by atoms with Crippen molar-refractivity contribution in [2.45, 2.75) is 59.2 Å². The summed E-state index contributed by atoms with van der Waals surface area (Å²) in [6.07, 6.45) is 5.42. The first-order chi connectivity index (χ1) is 7.54. The molecule has 0 aromatic carbocycles. The van der Waals surface area contributed by atoms with Crippen molar-refractivity contribution in [2.24, 2.45) is 5.41 Å². The fourth-order valence-electron chi connectivity index (χ4n) is 1.58. The smallest absolute Gasteiger partial charge is 0.140 e. The summed E-state index contributed by atoms with van der Waals surface area (Å²) in [6.45, 7) is 8.59. The molecule has 1 saturated carbocycles. The summed E-state index contributed by atoms with van der Waals surface area (Å²) in [5, 5.41) is 7.76. The molecule has 4 heteroatoms. The van der Waals surface area contributed by atoms with Crippen LogP contribution in [-0.4, -0.2) is 20.8 Å². The second-order valence-corrected chi connectivity index (χ2v) is 5.87. The van der Waals surface area contributed by atoms with Crippen LogP contribution in [0, 0.1) is 5.41 Å². The van der Waals surface area contributed by atoms with Crippen molar-refractivity contribution in [1.29, 1.82) is 0 Å². The van der Waals surface area contributed by atoms with Gasteiger partial charge in [-0.3, -0.25) is 0 Å². The average molecular weight is 222 g/mol. The Labute approximate surface area is 97.5 Å². The van der Waals surface area contributed by atoms with Crippen LogP contribution in [0.5, 0.6) is 0 Å². The Morgan fingerprint density at radius 1 is 1.44 bits per heavy atom. The highest BCUT2D eigenvalue weighted by atomic mass is 15.3. The molecule has 1 N–H and O–H groups in total. The van der Waals surface area contributed by atoms with Gasteiger partial charge in [-0.2, -0.15) is 5.10 Å². The zero-order chi connectivity index (χ0) is 11.6. The van der Waals surface area contributed by atoms with E-state index >= 15 is 0 Å². The van der Waals surface area contributed by atoms with Crippen LogP contribution in [0.3, 0.4) is 0 Å². The second kappa shape index (κ2) is 4.53. The highest BCUT2D eigenvalue weighted by Crippen LogP contribution is 2.20. The lowest BCUT2D eigenvalue weighted by atomic mass is 9.92. The zero-order valence-electron chi connectivity index (χ0n) is 10.5. The van der Waals surface area contributed by atoms with Gasteiger partial charge in [0.25, 0.3) is 0 Å². The van der Waals surface area contributed by atoms with Crippen LogP contribution in [0.2, 0.25) is 0 Å². The summed E-state index contributed by atoms with van der Waals surface area (Å²) in [5.74, 6) is 1.07. The van der Waals surface area contributed by atoms with E-state index in [0.717, 1.165) is 31.4 Å². The standard InChI is InChI=1S/C12H22N4/c1-12(2,3)6-7-16-11(14-9-15-16)8-13-10-4-5-10/h9-10,13H,4-8H2,1-3H3. The summed E-state index contributed by atoms with van der Waals surface area (Å²) < 4.78 is 2.03. The predicted octanol–water partition coefficient (Wildman–Crippen LogP) is 1.97. The van der Waals surface area contributed by atoms with Crippen molar-refractivity contribution in [2.75, 3.05) is 0 Å². The number of rotatable bonds is 5. The average Bonchev–Trinajstić information content (AvgIpc) is 2.90. The van der Waals surface area contributed by atoms with Gasteiger partial charge in [0.2, 0.25) is 0 Å². The van der Waals surface area contributed by atoms with Crippen molar-refractivity contribution < 1.29 is 0 Å². The molecule has 1 fully saturated rings. The van der Waals surface area contributed by atoms with Gasteiger partial charge in [0.05, 0.1) is 6.54 Å². The van der Waals surface area contributed by atoms with Gasteiger partial charge >= 0.3 is 0 Å². The monoisotopic (exact) mass is 222 g/mol. The Hall–Kier alpha value is -0.900. The molecule has 0 bridgehead atoms. The maximum Gasteiger partial charge on any atom is 0.140 e. The number of hydrogen-bond acceptors (Lipinski definition) is 3. The van der Waals surface area contributed by atoms with Crippen molar-refractivity contribution in [3.05, 3.63) is 12.2 Å². The molecule has 90 valence electrons. The first-order valence-electron chi connectivity index (χ1n) is 6.15. The van der Waals surface area contributed by atoms with Gasteiger partial charge < -0.3 is 5.32 Å². The number of hydrogen-bond donors (Lipinski definition) is 1. The van der Waals surface area contributed by atoms with E-state index in [9.17, 15) is 0 Å². The predicted molar refractivity (Wildman–Crippen MR) is 64.0 cm³/mol. The Morgan fingerprint density at radius 3 is 2.81 bits per heavy atom. The summed E-state index contributed by atoms with van der Waals surface area (Å²) in [6, 6.07) is 0.729. The summed E-state index contributed by atoms with van der Waals surface area (Å²) >= 11 is 0. The van der Waals surface area contributed by atoms with E-state index in [-0.39, 0.29) is 0 Å². The molecule has 2 rings (SSSR count). The zero-order valence-corrected chi connectivity index (χ0v) is 10.5. The molecule has 1 aliphatic rings. The van der Waals surface area contributed by atoms with E-state index in [2.05, 4.69) is 36.2 Å². The Kier molecular flexibility index (Phi) is 3.28. The molecule has 0 aliphatic heterocycles. The van der Waals surface area contributed by atoms with Gasteiger partial charge in [-0.15, -0.1) is 0 Å². The largest absolute Gasteiger partial charge is 0.307 e. The number of nitrogens with zero attached hydrogens (tertiary/aromatic N) is 3. The molecule has 16 heavy (non-hydrogen) atoms. The molecule has 1 heterocycles. The molecule has 0 spiro atoms. The summed E-state index contributed by atoms with van der Waals surface area (Å²) in [4.78, 5) is 4.31. The summed E-state index contributed by atoms with van der Waals surface area (Å²) in [5.41, 5.74) is 0.354. The molecule has 1 aliphatic carbocycles. The number of aryl methyl sites for hydroxylation is 1. The third-order valence-electron chi connectivity index (χ3n) is 2.90. The van der Waals surface area contributed by atoms with E-state index in [1.165, 1.54) is 12.8 Å². The van der Waals surface area contributed by atoms with Crippen LogP contribution in [0.1, 0.15) is 45.9 Å². The quantitative estimate of drug-likeness (QED) is 0.828. The van der Waals surface area contributed by atoms with Crippen molar-refractivity contribution in [3.63, 3.8) is 0 Å². The fourth-order valence-corrected chi connectivity index (χ4v) is 1.58. The maximum atomic E-state index is 4.31. The highest BCUT2D eigenvalue weighted by Gasteiger charge is 2.21. The molecule has 4 nitrogen and oxygen atoms in total. The fraction of sp³-hybridized carbons (Fsp3) is 0.833. The SMILES string of the molecule is CC(C)(C)CCn1ncnc1CNC1CC1. The van der Waals surface area contributed by atoms with Crippen molar-refractivity contribution in [3.8, 4) is 0 Å². The van der Waals surface area contributed by atoms with Gasteiger partial charge in [0.15, 0.2) is 0 Å². The minimum atomic E-state index is 0.354. The Bertz CT molecular complexity index is 333. The van der Waals surface area contributed by atoms with Gasteiger partial charge in [-0.05, 0) is 24.7 Å². The van der Waals surface area contributed by atoms with Crippen molar-refractivity contribution in [1.82, 2.24) is 20.1 Å². The van der Waals surface area contributed by atoms with Crippen LogP contribution in [0.25, 0.3) is 0 Å². The lowest BCUT2D eigenvalue weighted by Gasteiger charge is -2.18. The lowest BCUT2D eigenvalue weighted by Crippen LogP contribution is -2.20. The molecule has 1 aromatic heterocycles. The minimum absolute atomic E-state index is 0.354. The molecule has 0 unspecified atom stereocenters.